The minimum absolute atomic E-state index is 0.0657. The molecule has 2 rings (SSSR count). The Kier molecular flexibility index (Phi) is 2.96. The van der Waals surface area contributed by atoms with Gasteiger partial charge in [-0.15, -0.1) is 0 Å². The summed E-state index contributed by atoms with van der Waals surface area (Å²) < 4.78 is 5.11. The van der Waals surface area contributed by atoms with E-state index in [-0.39, 0.29) is 11.9 Å². The normalized spacial score (nSPS) is 25.8. The zero-order valence-electron chi connectivity index (χ0n) is 9.64. The molecule has 1 aromatic rings. The Hall–Kier alpha value is -1.36. The van der Waals surface area contributed by atoms with Gasteiger partial charge in [0.2, 0.25) is 5.76 Å². The number of rotatable bonds is 1. The van der Waals surface area contributed by atoms with Gasteiger partial charge in [0.1, 0.15) is 0 Å². The quantitative estimate of drug-likeness (QED) is 0.764. The van der Waals surface area contributed by atoms with Gasteiger partial charge in [-0.3, -0.25) is 4.79 Å². The lowest BCUT2D eigenvalue weighted by molar-refractivity contribution is 0.0628. The molecule has 1 aliphatic heterocycles. The predicted octanol–water partition coefficient (Wildman–Crippen LogP) is 0.792. The van der Waals surface area contributed by atoms with Crippen molar-refractivity contribution in [3.8, 4) is 0 Å². The number of nitrogens with zero attached hydrogens (tertiary/aromatic N) is 2. The molecule has 1 aliphatic rings. The zero-order valence-corrected chi connectivity index (χ0v) is 9.64. The fraction of sp³-hybridized carbons (Fsp3) is 0.636. The van der Waals surface area contributed by atoms with Gasteiger partial charge in [0, 0.05) is 19.1 Å². The number of hydrogen-bond acceptors (Lipinski definition) is 4. The van der Waals surface area contributed by atoms with Gasteiger partial charge in [0.05, 0.1) is 5.69 Å². The molecular weight excluding hydrogens is 206 g/mol. The first-order valence-electron chi connectivity index (χ1n) is 5.53. The first-order chi connectivity index (χ1) is 7.58. The number of aromatic nitrogens is 1. The predicted molar refractivity (Wildman–Crippen MR) is 58.9 cm³/mol. The average molecular weight is 223 g/mol. The Balaban J connectivity index is 2.13. The topological polar surface area (TPSA) is 72.4 Å². The minimum Gasteiger partial charge on any atom is -0.438 e. The summed E-state index contributed by atoms with van der Waals surface area (Å²) in [6.07, 6.45) is 2.27. The fourth-order valence-corrected chi connectivity index (χ4v) is 2.22. The standard InChI is InChI=1S/C11H17N3O2/c1-7-3-9(12)5-14(4-7)11(15)10-8(2)13-6-16-10/h6-7,9H,3-5,12H2,1-2H3. The van der Waals surface area contributed by atoms with E-state index in [4.69, 9.17) is 10.2 Å². The van der Waals surface area contributed by atoms with Crippen molar-refractivity contribution in [3.05, 3.63) is 17.8 Å². The highest BCUT2D eigenvalue weighted by atomic mass is 16.3. The van der Waals surface area contributed by atoms with Crippen molar-refractivity contribution in [2.24, 2.45) is 11.7 Å². The summed E-state index contributed by atoms with van der Waals surface area (Å²) in [5.74, 6) is 0.675. The molecule has 2 atom stereocenters. The molecule has 1 fully saturated rings. The lowest BCUT2D eigenvalue weighted by Crippen LogP contribution is -2.48. The van der Waals surface area contributed by atoms with Crippen molar-refractivity contribution >= 4 is 5.91 Å². The van der Waals surface area contributed by atoms with Crippen molar-refractivity contribution in [1.29, 1.82) is 0 Å². The summed E-state index contributed by atoms with van der Waals surface area (Å²) in [6, 6.07) is 0.0657. The summed E-state index contributed by atoms with van der Waals surface area (Å²) in [6.45, 7) is 5.21. The van der Waals surface area contributed by atoms with Crippen molar-refractivity contribution in [3.63, 3.8) is 0 Å². The van der Waals surface area contributed by atoms with E-state index in [0.717, 1.165) is 13.0 Å². The molecule has 0 saturated carbocycles. The number of carbonyl (C=O) groups is 1. The monoisotopic (exact) mass is 223 g/mol. The highest BCUT2D eigenvalue weighted by Crippen LogP contribution is 2.18. The Labute approximate surface area is 94.6 Å². The van der Waals surface area contributed by atoms with E-state index < -0.39 is 0 Å². The number of oxazole rings is 1. The number of aryl methyl sites for hydroxylation is 1. The number of hydrogen-bond donors (Lipinski definition) is 1. The van der Waals surface area contributed by atoms with Crippen LogP contribution in [0.1, 0.15) is 29.6 Å². The van der Waals surface area contributed by atoms with E-state index in [1.807, 2.05) is 0 Å². The number of likely N-dealkylation sites (tertiary alicyclic amines) is 1. The van der Waals surface area contributed by atoms with Gasteiger partial charge in [-0.1, -0.05) is 6.92 Å². The van der Waals surface area contributed by atoms with E-state index in [9.17, 15) is 4.79 Å². The molecule has 1 saturated heterocycles. The van der Waals surface area contributed by atoms with Crippen LogP contribution in [0, 0.1) is 12.8 Å². The molecule has 0 bridgehead atoms. The number of piperidine rings is 1. The second kappa shape index (κ2) is 4.25. The van der Waals surface area contributed by atoms with Gasteiger partial charge in [0.25, 0.3) is 5.91 Å². The van der Waals surface area contributed by atoms with Crippen LogP contribution in [-0.2, 0) is 0 Å². The first-order valence-corrected chi connectivity index (χ1v) is 5.53. The third-order valence-corrected chi connectivity index (χ3v) is 2.92. The van der Waals surface area contributed by atoms with E-state index in [0.29, 0.717) is 23.9 Å². The van der Waals surface area contributed by atoms with Crippen molar-refractivity contribution in [1.82, 2.24) is 9.88 Å². The Morgan fingerprint density at radius 1 is 1.62 bits per heavy atom. The molecule has 5 nitrogen and oxygen atoms in total. The van der Waals surface area contributed by atoms with E-state index in [2.05, 4.69) is 11.9 Å². The van der Waals surface area contributed by atoms with E-state index >= 15 is 0 Å². The minimum atomic E-state index is -0.1000. The van der Waals surface area contributed by atoms with Gasteiger partial charge in [0.15, 0.2) is 6.39 Å². The maximum atomic E-state index is 12.1. The highest BCUT2D eigenvalue weighted by molar-refractivity contribution is 5.92. The van der Waals surface area contributed by atoms with Crippen LogP contribution in [0.15, 0.2) is 10.8 Å². The van der Waals surface area contributed by atoms with Gasteiger partial charge in [-0.2, -0.15) is 0 Å². The molecule has 16 heavy (non-hydrogen) atoms. The van der Waals surface area contributed by atoms with Crippen LogP contribution >= 0.6 is 0 Å². The lowest BCUT2D eigenvalue weighted by atomic mass is 9.96. The van der Waals surface area contributed by atoms with Crippen LogP contribution in [0.5, 0.6) is 0 Å². The SMILES string of the molecule is Cc1ncoc1C(=O)N1CC(C)CC(N)C1. The maximum absolute atomic E-state index is 12.1. The smallest absolute Gasteiger partial charge is 0.291 e. The number of nitrogens with two attached hydrogens (primary N) is 1. The lowest BCUT2D eigenvalue weighted by Gasteiger charge is -2.34. The van der Waals surface area contributed by atoms with Gasteiger partial charge in [-0.05, 0) is 19.3 Å². The van der Waals surface area contributed by atoms with Gasteiger partial charge >= 0.3 is 0 Å². The Morgan fingerprint density at radius 2 is 2.38 bits per heavy atom. The molecule has 0 radical (unpaired) electrons. The van der Waals surface area contributed by atoms with Crippen LogP contribution in [0.4, 0.5) is 0 Å². The Morgan fingerprint density at radius 3 is 2.94 bits per heavy atom. The average Bonchev–Trinajstić information content (AvgIpc) is 2.62. The van der Waals surface area contributed by atoms with Crippen LogP contribution in [-0.4, -0.2) is 34.9 Å². The molecule has 5 heteroatoms. The van der Waals surface area contributed by atoms with Crippen molar-refractivity contribution < 1.29 is 9.21 Å². The molecular formula is C11H17N3O2. The van der Waals surface area contributed by atoms with E-state index in [1.54, 1.807) is 11.8 Å². The van der Waals surface area contributed by atoms with Crippen molar-refractivity contribution in [2.45, 2.75) is 26.3 Å². The van der Waals surface area contributed by atoms with Crippen LogP contribution in [0.2, 0.25) is 0 Å². The molecule has 0 aliphatic carbocycles. The Bertz CT molecular complexity index is 378. The van der Waals surface area contributed by atoms with E-state index in [1.165, 1.54) is 6.39 Å². The number of carbonyl (C=O) groups excluding carboxylic acids is 1. The molecule has 1 aromatic heterocycles. The summed E-state index contributed by atoms with van der Waals surface area (Å²) in [4.78, 5) is 17.8. The summed E-state index contributed by atoms with van der Waals surface area (Å²) in [5.41, 5.74) is 6.54. The van der Waals surface area contributed by atoms with Crippen LogP contribution < -0.4 is 5.73 Å². The molecule has 1 amide bonds. The molecule has 2 heterocycles. The van der Waals surface area contributed by atoms with Gasteiger partial charge < -0.3 is 15.1 Å². The fourth-order valence-electron chi connectivity index (χ4n) is 2.22. The third-order valence-electron chi connectivity index (χ3n) is 2.92. The largest absolute Gasteiger partial charge is 0.438 e. The highest BCUT2D eigenvalue weighted by Gasteiger charge is 2.28. The molecule has 2 N–H and O–H groups in total. The maximum Gasteiger partial charge on any atom is 0.291 e. The number of amides is 1. The van der Waals surface area contributed by atoms with Crippen LogP contribution in [0.3, 0.4) is 0 Å². The molecule has 2 unspecified atom stereocenters. The van der Waals surface area contributed by atoms with Crippen molar-refractivity contribution in [2.75, 3.05) is 13.1 Å². The van der Waals surface area contributed by atoms with Crippen LogP contribution in [0.25, 0.3) is 0 Å². The second-order valence-corrected chi connectivity index (χ2v) is 4.58. The third kappa shape index (κ3) is 2.09. The first kappa shape index (κ1) is 11.1. The summed E-state index contributed by atoms with van der Waals surface area (Å²) in [7, 11) is 0. The molecule has 0 aromatic carbocycles. The molecule has 88 valence electrons. The second-order valence-electron chi connectivity index (χ2n) is 4.58. The van der Waals surface area contributed by atoms with Gasteiger partial charge in [-0.25, -0.2) is 4.98 Å². The molecule has 0 spiro atoms. The summed E-state index contributed by atoms with van der Waals surface area (Å²) >= 11 is 0. The summed E-state index contributed by atoms with van der Waals surface area (Å²) in [5, 5.41) is 0. The zero-order chi connectivity index (χ0) is 11.7.